The minimum absolute atomic E-state index is 0.101. The van der Waals surface area contributed by atoms with Crippen molar-refractivity contribution in [2.75, 3.05) is 18.8 Å². The molecule has 0 bridgehead atoms. The standard InChI is InChI=1S/C12H19N5O2S/c1-8-5-16(6-9(2)19-8)11(18)7-20-12-13-14-15-17(12)10-3-4-10/h8-10H,3-7H2,1-2H3. The van der Waals surface area contributed by atoms with Crippen LogP contribution in [0.2, 0.25) is 0 Å². The normalized spacial score (nSPS) is 26.8. The van der Waals surface area contributed by atoms with Crippen LogP contribution in [0.3, 0.4) is 0 Å². The summed E-state index contributed by atoms with van der Waals surface area (Å²) in [6.45, 7) is 5.32. The van der Waals surface area contributed by atoms with Crippen LogP contribution in [0.1, 0.15) is 32.7 Å². The molecule has 1 aliphatic heterocycles. The van der Waals surface area contributed by atoms with E-state index in [-0.39, 0.29) is 18.1 Å². The Labute approximate surface area is 122 Å². The Hall–Kier alpha value is -1.15. The average Bonchev–Trinajstić information content (AvgIpc) is 3.14. The van der Waals surface area contributed by atoms with Gasteiger partial charge in [-0.3, -0.25) is 4.79 Å². The first kappa shape index (κ1) is 13.8. The van der Waals surface area contributed by atoms with E-state index in [1.165, 1.54) is 11.8 Å². The zero-order valence-electron chi connectivity index (χ0n) is 11.7. The number of thioether (sulfide) groups is 1. The van der Waals surface area contributed by atoms with Gasteiger partial charge >= 0.3 is 0 Å². The number of morpholine rings is 1. The molecule has 1 amide bonds. The maximum atomic E-state index is 12.3. The summed E-state index contributed by atoms with van der Waals surface area (Å²) in [6.07, 6.45) is 2.46. The van der Waals surface area contributed by atoms with Crippen molar-refractivity contribution in [1.82, 2.24) is 25.1 Å². The van der Waals surface area contributed by atoms with E-state index in [4.69, 9.17) is 4.74 Å². The van der Waals surface area contributed by atoms with E-state index in [0.29, 0.717) is 24.9 Å². The number of nitrogens with zero attached hydrogens (tertiary/aromatic N) is 5. The van der Waals surface area contributed by atoms with Gasteiger partial charge in [0.25, 0.3) is 0 Å². The molecule has 0 radical (unpaired) electrons. The first-order chi connectivity index (χ1) is 9.63. The number of carbonyl (C=O) groups excluding carboxylic acids is 1. The molecular weight excluding hydrogens is 278 g/mol. The summed E-state index contributed by atoms with van der Waals surface area (Å²) in [4.78, 5) is 14.1. The van der Waals surface area contributed by atoms with Crippen molar-refractivity contribution in [3.63, 3.8) is 0 Å². The van der Waals surface area contributed by atoms with Gasteiger partial charge < -0.3 is 9.64 Å². The van der Waals surface area contributed by atoms with Crippen molar-refractivity contribution in [2.24, 2.45) is 0 Å². The highest BCUT2D eigenvalue weighted by Gasteiger charge is 2.29. The predicted octanol–water partition coefficient (Wildman–Crippen LogP) is 0.736. The summed E-state index contributed by atoms with van der Waals surface area (Å²) in [5.41, 5.74) is 0. The van der Waals surface area contributed by atoms with Crippen molar-refractivity contribution in [3.8, 4) is 0 Å². The van der Waals surface area contributed by atoms with Gasteiger partial charge in [-0.1, -0.05) is 11.8 Å². The van der Waals surface area contributed by atoms with E-state index in [1.807, 2.05) is 23.4 Å². The third-order valence-corrected chi connectivity index (χ3v) is 4.37. The van der Waals surface area contributed by atoms with Gasteiger partial charge in [0.05, 0.1) is 24.0 Å². The maximum absolute atomic E-state index is 12.3. The Balaban J connectivity index is 1.55. The summed E-state index contributed by atoms with van der Waals surface area (Å²) < 4.78 is 7.47. The third-order valence-electron chi connectivity index (χ3n) is 3.45. The first-order valence-corrected chi connectivity index (χ1v) is 7.96. The molecule has 1 aromatic rings. The number of ether oxygens (including phenoxy) is 1. The van der Waals surface area contributed by atoms with Crippen LogP contribution in [0.5, 0.6) is 0 Å². The molecule has 1 saturated heterocycles. The first-order valence-electron chi connectivity index (χ1n) is 6.97. The SMILES string of the molecule is CC1CN(C(=O)CSc2nnnn2C2CC2)CC(C)O1. The highest BCUT2D eigenvalue weighted by molar-refractivity contribution is 7.99. The Morgan fingerprint density at radius 1 is 1.35 bits per heavy atom. The molecule has 2 aliphatic rings. The Morgan fingerprint density at radius 2 is 2.05 bits per heavy atom. The number of aromatic nitrogens is 4. The van der Waals surface area contributed by atoms with Gasteiger partial charge in [0, 0.05) is 13.1 Å². The van der Waals surface area contributed by atoms with Crippen molar-refractivity contribution in [3.05, 3.63) is 0 Å². The van der Waals surface area contributed by atoms with E-state index in [0.717, 1.165) is 18.0 Å². The van der Waals surface area contributed by atoms with Crippen molar-refractivity contribution in [2.45, 2.75) is 50.1 Å². The number of hydrogen-bond acceptors (Lipinski definition) is 6. The largest absolute Gasteiger partial charge is 0.372 e. The van der Waals surface area contributed by atoms with Gasteiger partial charge in [-0.2, -0.15) is 0 Å². The van der Waals surface area contributed by atoms with Crippen LogP contribution in [0.15, 0.2) is 5.16 Å². The topological polar surface area (TPSA) is 73.1 Å². The fourth-order valence-electron chi connectivity index (χ4n) is 2.43. The van der Waals surface area contributed by atoms with Crippen molar-refractivity contribution in [1.29, 1.82) is 0 Å². The molecule has 0 N–H and O–H groups in total. The van der Waals surface area contributed by atoms with Crippen molar-refractivity contribution >= 4 is 17.7 Å². The molecule has 7 nitrogen and oxygen atoms in total. The minimum Gasteiger partial charge on any atom is -0.372 e. The number of rotatable bonds is 4. The van der Waals surface area contributed by atoms with Gasteiger partial charge in [-0.15, -0.1) is 5.10 Å². The van der Waals surface area contributed by atoms with Crippen LogP contribution >= 0.6 is 11.8 Å². The lowest BCUT2D eigenvalue weighted by Gasteiger charge is -2.35. The lowest BCUT2D eigenvalue weighted by atomic mass is 10.2. The van der Waals surface area contributed by atoms with Crippen LogP contribution in [0.25, 0.3) is 0 Å². The molecule has 2 heterocycles. The van der Waals surface area contributed by atoms with Crippen LogP contribution in [-0.4, -0.2) is 62.1 Å². The molecule has 2 unspecified atom stereocenters. The summed E-state index contributed by atoms with van der Waals surface area (Å²) in [5.74, 6) is 0.509. The quantitative estimate of drug-likeness (QED) is 0.763. The van der Waals surface area contributed by atoms with E-state index < -0.39 is 0 Å². The zero-order valence-corrected chi connectivity index (χ0v) is 12.5. The Kier molecular flexibility index (Phi) is 3.93. The highest BCUT2D eigenvalue weighted by Crippen LogP contribution is 2.36. The third kappa shape index (κ3) is 3.12. The fourth-order valence-corrected chi connectivity index (χ4v) is 3.28. The monoisotopic (exact) mass is 297 g/mol. The Bertz CT molecular complexity index is 480. The summed E-state index contributed by atoms with van der Waals surface area (Å²) in [7, 11) is 0. The lowest BCUT2D eigenvalue weighted by molar-refractivity contribution is -0.140. The Morgan fingerprint density at radius 3 is 2.70 bits per heavy atom. The second-order valence-corrected chi connectivity index (χ2v) is 6.42. The van der Waals surface area contributed by atoms with Gasteiger partial charge in [0.1, 0.15) is 0 Å². The average molecular weight is 297 g/mol. The van der Waals surface area contributed by atoms with Crippen LogP contribution in [-0.2, 0) is 9.53 Å². The molecule has 0 aromatic carbocycles. The number of carbonyl (C=O) groups is 1. The second kappa shape index (κ2) is 5.69. The molecule has 0 spiro atoms. The number of hydrogen-bond donors (Lipinski definition) is 0. The summed E-state index contributed by atoms with van der Waals surface area (Å²) in [5, 5.41) is 12.4. The molecule has 2 atom stereocenters. The molecule has 20 heavy (non-hydrogen) atoms. The van der Waals surface area contributed by atoms with Crippen LogP contribution in [0, 0.1) is 0 Å². The summed E-state index contributed by atoms with van der Waals surface area (Å²) in [6, 6.07) is 0.436. The molecule has 1 saturated carbocycles. The molecule has 3 rings (SSSR count). The molecule has 110 valence electrons. The van der Waals surface area contributed by atoms with E-state index in [9.17, 15) is 4.79 Å². The minimum atomic E-state index is 0.101. The molecular formula is C12H19N5O2S. The predicted molar refractivity (Wildman–Crippen MR) is 73.4 cm³/mol. The summed E-state index contributed by atoms with van der Waals surface area (Å²) >= 11 is 1.42. The van der Waals surface area contributed by atoms with E-state index >= 15 is 0 Å². The van der Waals surface area contributed by atoms with Gasteiger partial charge in [-0.05, 0) is 37.1 Å². The smallest absolute Gasteiger partial charge is 0.233 e. The zero-order chi connectivity index (χ0) is 14.1. The molecule has 1 aromatic heterocycles. The molecule has 8 heteroatoms. The lowest BCUT2D eigenvalue weighted by Crippen LogP contribution is -2.48. The molecule has 2 fully saturated rings. The van der Waals surface area contributed by atoms with Crippen molar-refractivity contribution < 1.29 is 9.53 Å². The van der Waals surface area contributed by atoms with E-state index in [2.05, 4.69) is 15.5 Å². The maximum Gasteiger partial charge on any atom is 0.233 e. The number of tetrazole rings is 1. The van der Waals surface area contributed by atoms with Crippen LogP contribution < -0.4 is 0 Å². The van der Waals surface area contributed by atoms with Gasteiger partial charge in [0.2, 0.25) is 11.1 Å². The second-order valence-electron chi connectivity index (χ2n) is 5.48. The highest BCUT2D eigenvalue weighted by atomic mass is 32.2. The van der Waals surface area contributed by atoms with Crippen LogP contribution in [0.4, 0.5) is 0 Å². The molecule has 1 aliphatic carbocycles. The fraction of sp³-hybridized carbons (Fsp3) is 0.833. The number of amides is 1. The van der Waals surface area contributed by atoms with Gasteiger partial charge in [0.15, 0.2) is 0 Å². The van der Waals surface area contributed by atoms with E-state index in [1.54, 1.807) is 0 Å². The van der Waals surface area contributed by atoms with Gasteiger partial charge in [-0.25, -0.2) is 4.68 Å².